The molecule has 0 aliphatic carbocycles. The maximum atomic E-state index is 4.36. The van der Waals surface area contributed by atoms with Crippen LogP contribution in [0.25, 0.3) is 0 Å². The van der Waals surface area contributed by atoms with Crippen molar-refractivity contribution in [1.29, 1.82) is 0 Å². The first-order valence-corrected chi connectivity index (χ1v) is 7.08. The molecular formula is C15H26N4. The van der Waals surface area contributed by atoms with Gasteiger partial charge in [0.2, 0.25) is 0 Å². The lowest BCUT2D eigenvalue weighted by Gasteiger charge is -2.21. The van der Waals surface area contributed by atoms with E-state index in [0.29, 0.717) is 5.41 Å². The minimum atomic E-state index is 0.110. The van der Waals surface area contributed by atoms with Crippen LogP contribution in [0.1, 0.15) is 46.7 Å². The summed E-state index contributed by atoms with van der Waals surface area (Å²) in [6.45, 7) is 14.0. The van der Waals surface area contributed by atoms with Crippen LogP contribution in [0.5, 0.6) is 0 Å². The number of anilines is 1. The van der Waals surface area contributed by atoms with E-state index in [2.05, 4.69) is 67.2 Å². The van der Waals surface area contributed by atoms with Crippen molar-refractivity contribution in [3.8, 4) is 0 Å². The summed E-state index contributed by atoms with van der Waals surface area (Å²) < 4.78 is 0. The number of rotatable bonds is 3. The fraction of sp³-hybridized carbons (Fsp3) is 0.733. The topological polar surface area (TPSA) is 41.0 Å². The molecule has 0 radical (unpaired) electrons. The predicted octanol–water partition coefficient (Wildman–Crippen LogP) is 2.60. The molecule has 0 saturated carbocycles. The van der Waals surface area contributed by atoms with Crippen molar-refractivity contribution >= 4 is 5.82 Å². The van der Waals surface area contributed by atoms with E-state index >= 15 is 0 Å². The van der Waals surface area contributed by atoms with E-state index < -0.39 is 0 Å². The summed E-state index contributed by atoms with van der Waals surface area (Å²) in [5, 5.41) is 12.1. The van der Waals surface area contributed by atoms with Crippen LogP contribution in [-0.2, 0) is 6.54 Å². The van der Waals surface area contributed by atoms with E-state index in [1.165, 1.54) is 6.42 Å². The van der Waals surface area contributed by atoms with Crippen LogP contribution in [0.15, 0.2) is 12.1 Å². The summed E-state index contributed by atoms with van der Waals surface area (Å²) in [6, 6.07) is 4.17. The van der Waals surface area contributed by atoms with E-state index in [9.17, 15) is 0 Å². The lowest BCUT2D eigenvalue weighted by Crippen LogP contribution is -2.35. The number of hydrogen-bond donors (Lipinski definition) is 1. The van der Waals surface area contributed by atoms with Gasteiger partial charge < -0.3 is 10.2 Å². The van der Waals surface area contributed by atoms with E-state index in [1.807, 2.05) is 0 Å². The van der Waals surface area contributed by atoms with Crippen LogP contribution >= 0.6 is 0 Å². The predicted molar refractivity (Wildman–Crippen MR) is 79.2 cm³/mol. The zero-order chi connectivity index (χ0) is 14.1. The average Bonchev–Trinajstić information content (AvgIpc) is 2.67. The molecule has 19 heavy (non-hydrogen) atoms. The SMILES string of the molecule is CC1(C)CCN(c2ccc(CNC(C)(C)C)nn2)C1. The molecule has 1 saturated heterocycles. The van der Waals surface area contributed by atoms with E-state index in [-0.39, 0.29) is 5.54 Å². The molecule has 1 aromatic heterocycles. The van der Waals surface area contributed by atoms with Crippen molar-refractivity contribution in [2.45, 2.75) is 53.1 Å². The fourth-order valence-corrected chi connectivity index (χ4v) is 2.28. The molecule has 2 heterocycles. The smallest absolute Gasteiger partial charge is 0.151 e. The molecular weight excluding hydrogens is 236 g/mol. The molecule has 1 N–H and O–H groups in total. The standard InChI is InChI=1S/C15H26N4/c1-14(2,3)16-10-12-6-7-13(18-17-12)19-9-8-15(4,5)11-19/h6-7,16H,8-11H2,1-5H3. The van der Waals surface area contributed by atoms with E-state index in [4.69, 9.17) is 0 Å². The third kappa shape index (κ3) is 4.16. The van der Waals surface area contributed by atoms with Crippen LogP contribution in [0.2, 0.25) is 0 Å². The largest absolute Gasteiger partial charge is 0.355 e. The molecule has 0 spiro atoms. The van der Waals surface area contributed by atoms with Crippen molar-refractivity contribution in [3.63, 3.8) is 0 Å². The van der Waals surface area contributed by atoms with Gasteiger partial charge in [0.1, 0.15) is 0 Å². The summed E-state index contributed by atoms with van der Waals surface area (Å²) in [4.78, 5) is 2.33. The van der Waals surface area contributed by atoms with Gasteiger partial charge in [-0.1, -0.05) is 13.8 Å². The number of nitrogens with one attached hydrogen (secondary N) is 1. The molecule has 4 heteroatoms. The van der Waals surface area contributed by atoms with Crippen LogP contribution in [-0.4, -0.2) is 28.8 Å². The molecule has 0 aromatic carbocycles. The number of nitrogens with zero attached hydrogens (tertiary/aromatic N) is 3. The molecule has 1 aromatic rings. The van der Waals surface area contributed by atoms with Gasteiger partial charge in [-0.05, 0) is 44.7 Å². The van der Waals surface area contributed by atoms with Gasteiger partial charge in [0.25, 0.3) is 0 Å². The summed E-state index contributed by atoms with van der Waals surface area (Å²) in [6.07, 6.45) is 1.22. The maximum Gasteiger partial charge on any atom is 0.151 e. The molecule has 0 amide bonds. The van der Waals surface area contributed by atoms with Crippen molar-refractivity contribution in [1.82, 2.24) is 15.5 Å². The Kier molecular flexibility index (Phi) is 3.81. The monoisotopic (exact) mass is 262 g/mol. The van der Waals surface area contributed by atoms with Gasteiger partial charge >= 0.3 is 0 Å². The minimum Gasteiger partial charge on any atom is -0.355 e. The lowest BCUT2D eigenvalue weighted by molar-refractivity contribution is 0.417. The van der Waals surface area contributed by atoms with Crippen LogP contribution in [0.4, 0.5) is 5.82 Å². The molecule has 1 aliphatic rings. The van der Waals surface area contributed by atoms with Crippen molar-refractivity contribution < 1.29 is 0 Å². The highest BCUT2D eigenvalue weighted by atomic mass is 15.3. The number of hydrogen-bond acceptors (Lipinski definition) is 4. The van der Waals surface area contributed by atoms with Crippen molar-refractivity contribution in [3.05, 3.63) is 17.8 Å². The first-order valence-electron chi connectivity index (χ1n) is 7.08. The highest BCUT2D eigenvalue weighted by Gasteiger charge is 2.29. The Bertz CT molecular complexity index is 417. The third-order valence-electron chi connectivity index (χ3n) is 3.51. The first kappa shape index (κ1) is 14.3. The molecule has 0 bridgehead atoms. The quantitative estimate of drug-likeness (QED) is 0.909. The minimum absolute atomic E-state index is 0.110. The van der Waals surface area contributed by atoms with Crippen LogP contribution < -0.4 is 10.2 Å². The summed E-state index contributed by atoms with van der Waals surface area (Å²) in [7, 11) is 0. The van der Waals surface area contributed by atoms with Gasteiger partial charge in [0.05, 0.1) is 5.69 Å². The average molecular weight is 262 g/mol. The molecule has 1 fully saturated rings. The Balaban J connectivity index is 1.95. The third-order valence-corrected chi connectivity index (χ3v) is 3.51. The van der Waals surface area contributed by atoms with Crippen LogP contribution in [0, 0.1) is 5.41 Å². The van der Waals surface area contributed by atoms with Gasteiger partial charge in [-0.3, -0.25) is 0 Å². The molecule has 0 atom stereocenters. The molecule has 4 nitrogen and oxygen atoms in total. The summed E-state index contributed by atoms with van der Waals surface area (Å²) in [5.74, 6) is 1.00. The second kappa shape index (κ2) is 5.08. The van der Waals surface area contributed by atoms with E-state index in [1.54, 1.807) is 0 Å². The van der Waals surface area contributed by atoms with Crippen LogP contribution in [0.3, 0.4) is 0 Å². The van der Waals surface area contributed by atoms with E-state index in [0.717, 1.165) is 31.1 Å². The first-order chi connectivity index (χ1) is 8.75. The zero-order valence-corrected chi connectivity index (χ0v) is 12.8. The molecule has 0 unspecified atom stereocenters. The normalized spacial score (nSPS) is 18.9. The van der Waals surface area contributed by atoms with Gasteiger partial charge in [0.15, 0.2) is 5.82 Å². The van der Waals surface area contributed by atoms with Gasteiger partial charge in [-0.25, -0.2) is 0 Å². The Morgan fingerprint density at radius 3 is 2.47 bits per heavy atom. The molecule has 2 rings (SSSR count). The fourth-order valence-electron chi connectivity index (χ4n) is 2.28. The Hall–Kier alpha value is -1.16. The van der Waals surface area contributed by atoms with Crippen molar-refractivity contribution in [2.24, 2.45) is 5.41 Å². The second-order valence-electron chi connectivity index (χ2n) is 7.32. The van der Waals surface area contributed by atoms with Gasteiger partial charge in [-0.2, -0.15) is 5.10 Å². The lowest BCUT2D eigenvalue weighted by atomic mass is 9.93. The maximum absolute atomic E-state index is 4.36. The summed E-state index contributed by atoms with van der Waals surface area (Å²) in [5.41, 5.74) is 1.50. The molecule has 1 aliphatic heterocycles. The van der Waals surface area contributed by atoms with Gasteiger partial charge in [-0.15, -0.1) is 5.10 Å². The Labute approximate surface area is 116 Å². The number of aromatic nitrogens is 2. The zero-order valence-electron chi connectivity index (χ0n) is 12.8. The highest BCUT2D eigenvalue weighted by Crippen LogP contribution is 2.31. The Morgan fingerprint density at radius 1 is 1.26 bits per heavy atom. The second-order valence-corrected chi connectivity index (χ2v) is 7.32. The highest BCUT2D eigenvalue weighted by molar-refractivity contribution is 5.39. The van der Waals surface area contributed by atoms with Crippen molar-refractivity contribution in [2.75, 3.05) is 18.0 Å². The summed E-state index contributed by atoms with van der Waals surface area (Å²) >= 11 is 0. The van der Waals surface area contributed by atoms with Gasteiger partial charge in [0, 0.05) is 25.2 Å². The molecule has 106 valence electrons. The Morgan fingerprint density at radius 2 is 2.00 bits per heavy atom.